The van der Waals surface area contributed by atoms with Crippen LogP contribution in [0.5, 0.6) is 0 Å². The number of aromatic nitrogens is 1. The molecule has 1 aliphatic rings. The van der Waals surface area contributed by atoms with Gasteiger partial charge in [-0.1, -0.05) is 12.1 Å². The van der Waals surface area contributed by atoms with E-state index in [0.29, 0.717) is 0 Å². The molecule has 2 heterocycles. The van der Waals surface area contributed by atoms with Crippen LogP contribution in [0.15, 0.2) is 41.0 Å². The van der Waals surface area contributed by atoms with E-state index in [0.717, 1.165) is 35.5 Å². The lowest BCUT2D eigenvalue weighted by Crippen LogP contribution is -2.31. The summed E-state index contributed by atoms with van der Waals surface area (Å²) in [5.41, 5.74) is 3.42. The van der Waals surface area contributed by atoms with Crippen molar-refractivity contribution in [1.82, 2.24) is 4.98 Å². The molecule has 1 amide bonds. The average Bonchev–Trinajstić information content (AvgIpc) is 2.47. The predicted molar refractivity (Wildman–Crippen MR) is 87.4 cm³/mol. The minimum absolute atomic E-state index is 0.0274. The first-order chi connectivity index (χ1) is 10.1. The van der Waals surface area contributed by atoms with Crippen LogP contribution in [0.1, 0.15) is 18.1 Å². The van der Waals surface area contributed by atoms with Gasteiger partial charge >= 0.3 is 0 Å². The van der Waals surface area contributed by atoms with Crippen LogP contribution in [0.4, 0.5) is 11.5 Å². The van der Waals surface area contributed by atoms with Crippen LogP contribution in [0.2, 0.25) is 0 Å². The summed E-state index contributed by atoms with van der Waals surface area (Å²) in [6, 6.07) is 10.1. The van der Waals surface area contributed by atoms with Crippen LogP contribution in [0, 0.1) is 0 Å². The summed E-state index contributed by atoms with van der Waals surface area (Å²) >= 11 is 3.41. The third kappa shape index (κ3) is 3.08. The number of halogens is 1. The van der Waals surface area contributed by atoms with Crippen molar-refractivity contribution >= 4 is 33.3 Å². The van der Waals surface area contributed by atoms with Crippen LogP contribution in [-0.4, -0.2) is 17.4 Å². The monoisotopic (exact) mass is 345 g/mol. The highest BCUT2D eigenvalue weighted by Gasteiger charge is 2.19. The molecule has 108 valence electrons. The van der Waals surface area contributed by atoms with Crippen LogP contribution in [0.25, 0.3) is 0 Å². The molecule has 0 bridgehead atoms. The Hall–Kier alpha value is -1.88. The van der Waals surface area contributed by atoms with Gasteiger partial charge in [-0.05, 0) is 51.7 Å². The summed E-state index contributed by atoms with van der Waals surface area (Å²) < 4.78 is 0.983. The number of amides is 1. The van der Waals surface area contributed by atoms with Gasteiger partial charge in [0.15, 0.2) is 0 Å². The number of nitrogens with zero attached hydrogens (tertiary/aromatic N) is 2. The van der Waals surface area contributed by atoms with Crippen molar-refractivity contribution < 1.29 is 4.79 Å². The lowest BCUT2D eigenvalue weighted by atomic mass is 9.97. The van der Waals surface area contributed by atoms with Gasteiger partial charge in [-0.2, -0.15) is 0 Å². The number of carbonyl (C=O) groups is 1. The van der Waals surface area contributed by atoms with Crippen molar-refractivity contribution in [3.8, 4) is 0 Å². The number of pyridine rings is 1. The van der Waals surface area contributed by atoms with Crippen molar-refractivity contribution in [2.75, 3.05) is 16.8 Å². The Morgan fingerprint density at radius 2 is 2.19 bits per heavy atom. The predicted octanol–water partition coefficient (Wildman–Crippen LogP) is 3.37. The lowest BCUT2D eigenvalue weighted by Gasteiger charge is -2.31. The number of hydrogen-bond donors (Lipinski definition) is 1. The van der Waals surface area contributed by atoms with Gasteiger partial charge in [0, 0.05) is 36.4 Å². The number of hydrogen-bond acceptors (Lipinski definition) is 3. The second-order valence-electron chi connectivity index (χ2n) is 5.13. The minimum atomic E-state index is -0.0274. The van der Waals surface area contributed by atoms with E-state index in [9.17, 15) is 4.79 Å². The molecule has 4 nitrogen and oxygen atoms in total. The first kappa shape index (κ1) is 14.1. The quantitative estimate of drug-likeness (QED) is 0.907. The molecule has 0 atom stereocenters. The Labute approximate surface area is 132 Å². The third-order valence-electron chi connectivity index (χ3n) is 3.61. The summed E-state index contributed by atoms with van der Waals surface area (Å²) in [5.74, 6) is 0.953. The molecule has 0 saturated carbocycles. The van der Waals surface area contributed by atoms with Crippen molar-refractivity contribution in [3.63, 3.8) is 0 Å². The van der Waals surface area contributed by atoms with E-state index in [1.807, 2.05) is 30.5 Å². The average molecular weight is 346 g/mol. The fraction of sp³-hybridized carbons (Fsp3) is 0.250. The highest BCUT2D eigenvalue weighted by atomic mass is 79.9. The largest absolute Gasteiger partial charge is 0.352 e. The van der Waals surface area contributed by atoms with E-state index >= 15 is 0 Å². The zero-order valence-electron chi connectivity index (χ0n) is 11.8. The molecule has 21 heavy (non-hydrogen) atoms. The topological polar surface area (TPSA) is 45.2 Å². The Morgan fingerprint density at radius 3 is 2.90 bits per heavy atom. The van der Waals surface area contributed by atoms with Gasteiger partial charge in [-0.15, -0.1) is 0 Å². The maximum absolute atomic E-state index is 11.3. The molecule has 1 aliphatic heterocycles. The second-order valence-corrected chi connectivity index (χ2v) is 6.05. The summed E-state index contributed by atoms with van der Waals surface area (Å²) in [7, 11) is 0. The number of benzene rings is 1. The van der Waals surface area contributed by atoms with E-state index in [4.69, 9.17) is 0 Å². The van der Waals surface area contributed by atoms with Gasteiger partial charge < -0.3 is 10.2 Å². The fourth-order valence-corrected chi connectivity index (χ4v) is 2.90. The molecule has 5 heteroatoms. The van der Waals surface area contributed by atoms with Crippen molar-refractivity contribution in [3.05, 3.63) is 52.1 Å². The van der Waals surface area contributed by atoms with Gasteiger partial charge in [0.1, 0.15) is 5.82 Å². The Bertz CT molecular complexity index is 670. The smallest absolute Gasteiger partial charge is 0.221 e. The van der Waals surface area contributed by atoms with Gasteiger partial charge in [-0.3, -0.25) is 4.79 Å². The number of fused-ring (bicyclic) bond motifs is 1. The fourth-order valence-electron chi connectivity index (χ4n) is 2.67. The van der Waals surface area contributed by atoms with E-state index < -0.39 is 0 Å². The van der Waals surface area contributed by atoms with Crippen LogP contribution in [-0.2, 0) is 17.8 Å². The Balaban J connectivity index is 1.86. The highest BCUT2D eigenvalue weighted by Crippen LogP contribution is 2.28. The molecule has 0 aliphatic carbocycles. The van der Waals surface area contributed by atoms with Crippen molar-refractivity contribution in [2.45, 2.75) is 19.9 Å². The highest BCUT2D eigenvalue weighted by molar-refractivity contribution is 9.10. The Morgan fingerprint density at radius 1 is 1.33 bits per heavy atom. The van der Waals surface area contributed by atoms with Crippen LogP contribution in [0.3, 0.4) is 0 Å². The summed E-state index contributed by atoms with van der Waals surface area (Å²) in [6.45, 7) is 3.26. The maximum Gasteiger partial charge on any atom is 0.221 e. The molecule has 1 N–H and O–H groups in total. The summed E-state index contributed by atoms with van der Waals surface area (Å²) in [5, 5.41) is 2.92. The van der Waals surface area contributed by atoms with Crippen molar-refractivity contribution in [2.24, 2.45) is 0 Å². The van der Waals surface area contributed by atoms with Gasteiger partial charge in [0.25, 0.3) is 0 Å². The lowest BCUT2D eigenvalue weighted by molar-refractivity contribution is -0.114. The zero-order chi connectivity index (χ0) is 14.8. The first-order valence-electron chi connectivity index (χ1n) is 6.88. The molecule has 1 aromatic heterocycles. The minimum Gasteiger partial charge on any atom is -0.352 e. The normalized spacial score (nSPS) is 13.7. The third-order valence-corrected chi connectivity index (χ3v) is 4.08. The number of nitrogens with one attached hydrogen (secondary N) is 1. The molecule has 0 fully saturated rings. The van der Waals surface area contributed by atoms with Gasteiger partial charge in [0.2, 0.25) is 5.91 Å². The van der Waals surface area contributed by atoms with E-state index in [2.05, 4.69) is 37.2 Å². The number of anilines is 2. The molecular weight excluding hydrogens is 330 g/mol. The Kier molecular flexibility index (Phi) is 3.92. The standard InChI is InChI=1S/C16H16BrN3O/c1-11(21)19-15-4-2-3-12-10-20(8-7-14(12)15)16-6-5-13(17)9-18-16/h2-6,9H,7-8,10H2,1H3,(H,19,21). The first-order valence-corrected chi connectivity index (χ1v) is 7.67. The second kappa shape index (κ2) is 5.85. The zero-order valence-corrected chi connectivity index (χ0v) is 13.4. The molecule has 0 spiro atoms. The molecule has 0 unspecified atom stereocenters. The molecule has 2 aromatic rings. The summed E-state index contributed by atoms with van der Waals surface area (Å²) in [4.78, 5) is 18.0. The number of carbonyl (C=O) groups excluding carboxylic acids is 1. The van der Waals surface area contributed by atoms with E-state index in [1.54, 1.807) is 6.92 Å². The van der Waals surface area contributed by atoms with Crippen LogP contribution >= 0.6 is 15.9 Å². The molecule has 0 saturated heterocycles. The van der Waals surface area contributed by atoms with Gasteiger partial charge in [0.05, 0.1) is 0 Å². The molecule has 1 aromatic carbocycles. The number of rotatable bonds is 2. The van der Waals surface area contributed by atoms with Gasteiger partial charge in [-0.25, -0.2) is 4.98 Å². The maximum atomic E-state index is 11.3. The molecule has 3 rings (SSSR count). The van der Waals surface area contributed by atoms with Crippen LogP contribution < -0.4 is 10.2 Å². The summed E-state index contributed by atoms with van der Waals surface area (Å²) in [6.07, 6.45) is 2.72. The van der Waals surface area contributed by atoms with E-state index in [1.165, 1.54) is 11.1 Å². The molecule has 0 radical (unpaired) electrons. The van der Waals surface area contributed by atoms with Crippen molar-refractivity contribution in [1.29, 1.82) is 0 Å². The van der Waals surface area contributed by atoms with E-state index in [-0.39, 0.29) is 5.91 Å². The molecular formula is C16H16BrN3O. The SMILES string of the molecule is CC(=O)Nc1cccc2c1CCN(c1ccc(Br)cn1)C2.